The molecule has 3 nitrogen and oxygen atoms in total. The van der Waals surface area contributed by atoms with Crippen LogP contribution in [0.15, 0.2) is 23.1 Å². The van der Waals surface area contributed by atoms with Crippen LogP contribution in [0.2, 0.25) is 5.02 Å². The SMILES string of the molecule is COC(=O)Cc1ccc(SCCCN)c(Cl)c1. The van der Waals surface area contributed by atoms with Gasteiger partial charge in [0, 0.05) is 4.90 Å². The number of rotatable bonds is 6. The van der Waals surface area contributed by atoms with Crippen molar-refractivity contribution >= 4 is 29.3 Å². The van der Waals surface area contributed by atoms with Crippen LogP contribution in [-0.2, 0) is 16.0 Å². The van der Waals surface area contributed by atoms with Gasteiger partial charge in [-0.25, -0.2) is 0 Å². The minimum atomic E-state index is -0.260. The van der Waals surface area contributed by atoms with E-state index in [1.807, 2.05) is 18.2 Å². The second kappa shape index (κ2) is 7.58. The Morgan fingerprint density at radius 3 is 2.88 bits per heavy atom. The highest BCUT2D eigenvalue weighted by Crippen LogP contribution is 2.28. The molecule has 0 heterocycles. The normalized spacial score (nSPS) is 10.3. The van der Waals surface area contributed by atoms with Crippen LogP contribution < -0.4 is 5.73 Å². The van der Waals surface area contributed by atoms with Gasteiger partial charge < -0.3 is 10.5 Å². The fraction of sp³-hybridized carbons (Fsp3) is 0.417. The quantitative estimate of drug-likeness (QED) is 0.492. The van der Waals surface area contributed by atoms with E-state index in [0.29, 0.717) is 11.6 Å². The highest BCUT2D eigenvalue weighted by atomic mass is 35.5. The van der Waals surface area contributed by atoms with Gasteiger partial charge in [0.25, 0.3) is 0 Å². The van der Waals surface area contributed by atoms with Gasteiger partial charge in [-0.15, -0.1) is 11.8 Å². The second-order valence-electron chi connectivity index (χ2n) is 3.51. The van der Waals surface area contributed by atoms with Crippen molar-refractivity contribution in [3.63, 3.8) is 0 Å². The summed E-state index contributed by atoms with van der Waals surface area (Å²) in [6, 6.07) is 5.64. The highest BCUT2D eigenvalue weighted by Gasteiger charge is 2.06. The third-order valence-electron chi connectivity index (χ3n) is 2.18. The fourth-order valence-electron chi connectivity index (χ4n) is 1.28. The summed E-state index contributed by atoms with van der Waals surface area (Å²) in [5.41, 5.74) is 6.29. The molecule has 2 N–H and O–H groups in total. The number of hydrogen-bond donors (Lipinski definition) is 1. The Hall–Kier alpha value is -0.710. The van der Waals surface area contributed by atoms with Crippen molar-refractivity contribution in [3.8, 4) is 0 Å². The monoisotopic (exact) mass is 273 g/mol. The number of nitrogens with two attached hydrogens (primary N) is 1. The maximum Gasteiger partial charge on any atom is 0.309 e. The number of hydrogen-bond acceptors (Lipinski definition) is 4. The number of methoxy groups -OCH3 is 1. The fourth-order valence-corrected chi connectivity index (χ4v) is 2.53. The minimum absolute atomic E-state index is 0.254. The Kier molecular flexibility index (Phi) is 6.40. The summed E-state index contributed by atoms with van der Waals surface area (Å²) in [7, 11) is 1.38. The van der Waals surface area contributed by atoms with Gasteiger partial charge in [-0.1, -0.05) is 17.7 Å². The van der Waals surface area contributed by atoms with Crippen molar-refractivity contribution < 1.29 is 9.53 Å². The van der Waals surface area contributed by atoms with E-state index >= 15 is 0 Å². The summed E-state index contributed by atoms with van der Waals surface area (Å²) in [6.45, 7) is 0.686. The summed E-state index contributed by atoms with van der Waals surface area (Å²) in [5, 5.41) is 0.674. The lowest BCUT2D eigenvalue weighted by molar-refractivity contribution is -0.139. The van der Waals surface area contributed by atoms with E-state index in [0.717, 1.165) is 22.6 Å². The molecule has 0 saturated carbocycles. The summed E-state index contributed by atoms with van der Waals surface area (Å²) >= 11 is 7.81. The lowest BCUT2D eigenvalue weighted by Crippen LogP contribution is -2.04. The average molecular weight is 274 g/mol. The molecule has 0 radical (unpaired) electrons. The zero-order valence-electron chi connectivity index (χ0n) is 9.74. The van der Waals surface area contributed by atoms with E-state index < -0.39 is 0 Å². The summed E-state index contributed by atoms with van der Waals surface area (Å²) < 4.78 is 4.60. The first-order valence-electron chi connectivity index (χ1n) is 5.35. The molecule has 17 heavy (non-hydrogen) atoms. The molecule has 0 aromatic heterocycles. The van der Waals surface area contributed by atoms with Crippen LogP contribution in [0, 0.1) is 0 Å². The molecule has 0 aliphatic carbocycles. The first-order valence-corrected chi connectivity index (χ1v) is 6.72. The average Bonchev–Trinajstić information content (AvgIpc) is 2.32. The molecule has 5 heteroatoms. The molecule has 0 saturated heterocycles. The second-order valence-corrected chi connectivity index (χ2v) is 5.05. The number of ether oxygens (including phenoxy) is 1. The molecular formula is C12H16ClNO2S. The van der Waals surface area contributed by atoms with Gasteiger partial charge in [-0.3, -0.25) is 4.79 Å². The van der Waals surface area contributed by atoms with Crippen molar-refractivity contribution in [2.45, 2.75) is 17.7 Å². The van der Waals surface area contributed by atoms with Gasteiger partial charge in [-0.05, 0) is 36.4 Å². The van der Waals surface area contributed by atoms with Crippen LogP contribution in [0.25, 0.3) is 0 Å². The first kappa shape index (κ1) is 14.4. The van der Waals surface area contributed by atoms with E-state index in [1.54, 1.807) is 11.8 Å². The van der Waals surface area contributed by atoms with Crippen LogP contribution in [0.3, 0.4) is 0 Å². The lowest BCUT2D eigenvalue weighted by atomic mass is 10.1. The number of benzene rings is 1. The Labute approximate surface area is 111 Å². The largest absolute Gasteiger partial charge is 0.469 e. The van der Waals surface area contributed by atoms with E-state index in [9.17, 15) is 4.79 Å². The number of thioether (sulfide) groups is 1. The number of carbonyl (C=O) groups is 1. The van der Waals surface area contributed by atoms with Crippen molar-refractivity contribution in [1.82, 2.24) is 0 Å². The number of esters is 1. The minimum Gasteiger partial charge on any atom is -0.469 e. The number of carbonyl (C=O) groups excluding carboxylic acids is 1. The Balaban J connectivity index is 2.62. The number of halogens is 1. The Morgan fingerprint density at radius 2 is 2.29 bits per heavy atom. The molecule has 0 unspecified atom stereocenters. The molecule has 0 amide bonds. The third-order valence-corrected chi connectivity index (χ3v) is 3.76. The highest BCUT2D eigenvalue weighted by molar-refractivity contribution is 7.99. The molecule has 0 aliphatic heterocycles. The maximum atomic E-state index is 11.1. The lowest BCUT2D eigenvalue weighted by Gasteiger charge is -2.06. The molecule has 1 rings (SSSR count). The molecule has 0 bridgehead atoms. The van der Waals surface area contributed by atoms with Gasteiger partial charge in [0.15, 0.2) is 0 Å². The smallest absolute Gasteiger partial charge is 0.309 e. The molecule has 0 aliphatic rings. The van der Waals surface area contributed by atoms with Crippen molar-refractivity contribution in [2.24, 2.45) is 5.73 Å². The molecule has 1 aromatic carbocycles. The van der Waals surface area contributed by atoms with Gasteiger partial charge in [0.05, 0.1) is 18.6 Å². The molecule has 0 fully saturated rings. The van der Waals surface area contributed by atoms with Crippen LogP contribution in [0.5, 0.6) is 0 Å². The molecule has 94 valence electrons. The van der Waals surface area contributed by atoms with Gasteiger partial charge in [0.1, 0.15) is 0 Å². The van der Waals surface area contributed by atoms with Crippen LogP contribution in [-0.4, -0.2) is 25.4 Å². The van der Waals surface area contributed by atoms with E-state index in [2.05, 4.69) is 4.74 Å². The zero-order chi connectivity index (χ0) is 12.7. The standard InChI is InChI=1S/C12H16ClNO2S/c1-16-12(15)8-9-3-4-11(10(13)7-9)17-6-2-5-14/h3-4,7H,2,5-6,8,14H2,1H3. The molecule has 1 aromatic rings. The van der Waals surface area contributed by atoms with Crippen molar-refractivity contribution in [3.05, 3.63) is 28.8 Å². The van der Waals surface area contributed by atoms with Gasteiger partial charge >= 0.3 is 5.97 Å². The molecular weight excluding hydrogens is 258 g/mol. The Bertz CT molecular complexity index is 385. The predicted octanol–water partition coefficient (Wildman–Crippen LogP) is 2.50. The Morgan fingerprint density at radius 1 is 1.53 bits per heavy atom. The predicted molar refractivity (Wildman–Crippen MR) is 71.6 cm³/mol. The van der Waals surface area contributed by atoms with Crippen LogP contribution >= 0.6 is 23.4 Å². The van der Waals surface area contributed by atoms with Crippen LogP contribution in [0.1, 0.15) is 12.0 Å². The van der Waals surface area contributed by atoms with Gasteiger partial charge in [0.2, 0.25) is 0 Å². The van der Waals surface area contributed by atoms with Crippen molar-refractivity contribution in [1.29, 1.82) is 0 Å². The topological polar surface area (TPSA) is 52.3 Å². The maximum absolute atomic E-state index is 11.1. The summed E-state index contributed by atoms with van der Waals surface area (Å²) in [5.74, 6) is 0.691. The zero-order valence-corrected chi connectivity index (χ0v) is 11.3. The molecule has 0 atom stereocenters. The molecule has 0 spiro atoms. The third kappa shape index (κ3) is 4.98. The summed E-state index contributed by atoms with van der Waals surface area (Å²) in [4.78, 5) is 12.1. The van der Waals surface area contributed by atoms with Crippen molar-refractivity contribution in [2.75, 3.05) is 19.4 Å². The summed E-state index contributed by atoms with van der Waals surface area (Å²) in [6.07, 6.45) is 1.22. The van der Waals surface area contributed by atoms with E-state index in [4.69, 9.17) is 17.3 Å². The van der Waals surface area contributed by atoms with Crippen LogP contribution in [0.4, 0.5) is 0 Å². The first-order chi connectivity index (χ1) is 8.17. The van der Waals surface area contributed by atoms with Gasteiger partial charge in [-0.2, -0.15) is 0 Å². The van der Waals surface area contributed by atoms with E-state index in [-0.39, 0.29) is 12.4 Å². The van der Waals surface area contributed by atoms with E-state index in [1.165, 1.54) is 7.11 Å².